The minimum absolute atomic E-state index is 0.128. The van der Waals surface area contributed by atoms with Crippen LogP contribution in [-0.2, 0) is 9.59 Å². The molecule has 0 aliphatic heterocycles. The van der Waals surface area contributed by atoms with Crippen LogP contribution in [0.1, 0.15) is 5.56 Å². The van der Waals surface area contributed by atoms with Crippen molar-refractivity contribution in [2.45, 2.75) is 4.90 Å². The van der Waals surface area contributed by atoms with Crippen molar-refractivity contribution in [3.63, 3.8) is 0 Å². The molecule has 26 heavy (non-hydrogen) atoms. The van der Waals surface area contributed by atoms with Crippen LogP contribution >= 0.6 is 23.4 Å². The lowest BCUT2D eigenvalue weighted by Gasteiger charge is -2.16. The molecular weight excluding hydrogens is 375 g/mol. The Morgan fingerprint density at radius 2 is 1.96 bits per heavy atom. The van der Waals surface area contributed by atoms with Gasteiger partial charge in [0.15, 0.2) is 0 Å². The summed E-state index contributed by atoms with van der Waals surface area (Å²) in [7, 11) is 1.50. The number of nitrogens with one attached hydrogen (secondary N) is 1. The van der Waals surface area contributed by atoms with Gasteiger partial charge in [-0.05, 0) is 36.6 Å². The summed E-state index contributed by atoms with van der Waals surface area (Å²) in [6.45, 7) is -0.128. The number of carbonyl (C=O) groups excluding carboxylic acids is 2. The van der Waals surface area contributed by atoms with Gasteiger partial charge in [0.05, 0.1) is 17.3 Å². The lowest BCUT2D eigenvalue weighted by atomic mass is 10.2. The van der Waals surface area contributed by atoms with E-state index in [1.54, 1.807) is 6.07 Å². The summed E-state index contributed by atoms with van der Waals surface area (Å²) in [5.74, 6) is -1.27. The van der Waals surface area contributed by atoms with Gasteiger partial charge in [-0.1, -0.05) is 29.8 Å². The fourth-order valence-electron chi connectivity index (χ4n) is 2.18. The Morgan fingerprint density at radius 1 is 1.23 bits per heavy atom. The second-order valence-corrected chi connectivity index (χ2v) is 6.67. The average molecular weight is 393 g/mol. The van der Waals surface area contributed by atoms with E-state index in [0.29, 0.717) is 5.69 Å². The highest BCUT2D eigenvalue weighted by Crippen LogP contribution is 2.24. The van der Waals surface area contributed by atoms with Crippen LogP contribution in [0.5, 0.6) is 0 Å². The largest absolute Gasteiger partial charge is 0.333 e. The predicted molar refractivity (Wildman–Crippen MR) is 105 cm³/mol. The molecule has 0 heterocycles. The minimum atomic E-state index is -0.518. The molecule has 0 spiro atoms. The zero-order valence-corrected chi connectivity index (χ0v) is 15.9. The van der Waals surface area contributed by atoms with Crippen LogP contribution in [-0.4, -0.2) is 36.6 Å². The van der Waals surface area contributed by atoms with Crippen LogP contribution in [0, 0.1) is 5.82 Å². The Morgan fingerprint density at radius 3 is 2.65 bits per heavy atom. The number of benzene rings is 2. The molecule has 2 aromatic carbocycles. The van der Waals surface area contributed by atoms with Gasteiger partial charge >= 0.3 is 0 Å². The monoisotopic (exact) mass is 392 g/mol. The van der Waals surface area contributed by atoms with Crippen LogP contribution in [0.15, 0.2) is 53.4 Å². The summed E-state index contributed by atoms with van der Waals surface area (Å²) in [4.78, 5) is 26.5. The minimum Gasteiger partial charge on any atom is -0.333 e. The Hall–Kier alpha value is -2.31. The molecule has 0 atom stereocenters. The fourth-order valence-corrected chi connectivity index (χ4v) is 2.96. The van der Waals surface area contributed by atoms with Crippen molar-refractivity contribution in [3.8, 4) is 0 Å². The standard InChI is InChI=1S/C19H18ClFN2O2S/c1-23(12-18(24)22-16-8-3-4-9-17(16)26-2)19(25)11-10-13-14(20)6-5-7-15(13)21/h3-11H,12H2,1-2H3,(H,22,24)/b11-10+. The molecule has 2 aromatic rings. The van der Waals surface area contributed by atoms with E-state index in [1.165, 1.54) is 54.1 Å². The number of thioether (sulfide) groups is 1. The molecule has 0 saturated carbocycles. The van der Waals surface area contributed by atoms with Crippen LogP contribution < -0.4 is 5.32 Å². The third-order valence-electron chi connectivity index (χ3n) is 3.53. The van der Waals surface area contributed by atoms with Gasteiger partial charge < -0.3 is 10.2 Å². The van der Waals surface area contributed by atoms with Gasteiger partial charge in [-0.2, -0.15) is 0 Å². The third kappa shape index (κ3) is 5.34. The van der Waals surface area contributed by atoms with Crippen molar-refractivity contribution in [2.24, 2.45) is 0 Å². The molecule has 0 bridgehead atoms. The predicted octanol–water partition coefficient (Wildman–Crippen LogP) is 4.31. The highest BCUT2D eigenvalue weighted by molar-refractivity contribution is 7.98. The molecule has 0 saturated heterocycles. The van der Waals surface area contributed by atoms with Gasteiger partial charge in [0.1, 0.15) is 5.82 Å². The van der Waals surface area contributed by atoms with E-state index in [0.717, 1.165) is 4.90 Å². The van der Waals surface area contributed by atoms with Gasteiger partial charge in [0, 0.05) is 23.6 Å². The van der Waals surface area contributed by atoms with Crippen molar-refractivity contribution in [1.82, 2.24) is 4.90 Å². The number of amides is 2. The lowest BCUT2D eigenvalue weighted by molar-refractivity contribution is -0.129. The number of hydrogen-bond donors (Lipinski definition) is 1. The molecule has 2 rings (SSSR count). The van der Waals surface area contributed by atoms with Gasteiger partial charge in [0.25, 0.3) is 0 Å². The number of halogens is 2. The molecule has 0 aromatic heterocycles. The maximum Gasteiger partial charge on any atom is 0.246 e. The maximum atomic E-state index is 13.7. The van der Waals surface area contributed by atoms with Crippen molar-refractivity contribution in [2.75, 3.05) is 25.2 Å². The summed E-state index contributed by atoms with van der Waals surface area (Å²) >= 11 is 7.43. The smallest absolute Gasteiger partial charge is 0.246 e. The molecule has 0 fully saturated rings. The molecule has 4 nitrogen and oxygen atoms in total. The van der Waals surface area contributed by atoms with Gasteiger partial charge in [-0.25, -0.2) is 4.39 Å². The molecule has 0 unspecified atom stereocenters. The number of anilines is 1. The topological polar surface area (TPSA) is 49.4 Å². The Bertz CT molecular complexity index is 822. The molecule has 0 radical (unpaired) electrons. The number of carbonyl (C=O) groups is 2. The van der Waals surface area contributed by atoms with E-state index in [-0.39, 0.29) is 23.0 Å². The first-order chi connectivity index (χ1) is 12.4. The van der Waals surface area contributed by atoms with E-state index >= 15 is 0 Å². The Labute approximate surface area is 161 Å². The van der Waals surface area contributed by atoms with E-state index < -0.39 is 11.7 Å². The fraction of sp³-hybridized carbons (Fsp3) is 0.158. The first kappa shape index (κ1) is 20.0. The SMILES string of the molecule is CSc1ccccc1NC(=O)CN(C)C(=O)/C=C/c1c(F)cccc1Cl. The molecule has 136 valence electrons. The molecule has 2 amide bonds. The second kappa shape index (κ2) is 9.40. The number of likely N-dealkylation sites (N-methyl/N-ethyl adjacent to an activating group) is 1. The molecule has 0 aliphatic rings. The molecule has 1 N–H and O–H groups in total. The first-order valence-corrected chi connectivity index (χ1v) is 9.32. The summed E-state index contributed by atoms with van der Waals surface area (Å²) in [5.41, 5.74) is 0.828. The highest BCUT2D eigenvalue weighted by atomic mass is 35.5. The van der Waals surface area contributed by atoms with E-state index in [1.807, 2.05) is 24.5 Å². The average Bonchev–Trinajstić information content (AvgIpc) is 2.61. The second-order valence-electron chi connectivity index (χ2n) is 5.41. The summed E-state index contributed by atoms with van der Waals surface area (Å²) in [5, 5.41) is 2.99. The number of hydrogen-bond acceptors (Lipinski definition) is 3. The quantitative estimate of drug-likeness (QED) is 0.588. The number of para-hydroxylation sites is 1. The number of nitrogens with zero attached hydrogens (tertiary/aromatic N) is 1. The van der Waals surface area contributed by atoms with Crippen LogP contribution in [0.25, 0.3) is 6.08 Å². The molecular formula is C19H18ClFN2O2S. The van der Waals surface area contributed by atoms with Crippen molar-refractivity contribution >= 4 is 46.9 Å². The van der Waals surface area contributed by atoms with Gasteiger partial charge in [-0.3, -0.25) is 9.59 Å². The van der Waals surface area contributed by atoms with Crippen molar-refractivity contribution in [3.05, 3.63) is 64.9 Å². The Balaban J connectivity index is 1.98. The lowest BCUT2D eigenvalue weighted by Crippen LogP contribution is -2.33. The van der Waals surface area contributed by atoms with Crippen LogP contribution in [0.4, 0.5) is 10.1 Å². The van der Waals surface area contributed by atoms with Crippen molar-refractivity contribution in [1.29, 1.82) is 0 Å². The van der Waals surface area contributed by atoms with Crippen LogP contribution in [0.3, 0.4) is 0 Å². The van der Waals surface area contributed by atoms with E-state index in [9.17, 15) is 14.0 Å². The zero-order valence-electron chi connectivity index (χ0n) is 14.3. The number of rotatable bonds is 6. The summed E-state index contributed by atoms with van der Waals surface area (Å²) in [6.07, 6.45) is 4.41. The van der Waals surface area contributed by atoms with E-state index in [4.69, 9.17) is 11.6 Å². The van der Waals surface area contributed by atoms with Gasteiger partial charge in [-0.15, -0.1) is 11.8 Å². The van der Waals surface area contributed by atoms with Crippen molar-refractivity contribution < 1.29 is 14.0 Å². The summed E-state index contributed by atoms with van der Waals surface area (Å²) < 4.78 is 13.7. The first-order valence-electron chi connectivity index (χ1n) is 7.72. The normalized spacial score (nSPS) is 10.8. The molecule has 0 aliphatic carbocycles. The zero-order chi connectivity index (χ0) is 19.1. The highest BCUT2D eigenvalue weighted by Gasteiger charge is 2.12. The Kier molecular flexibility index (Phi) is 7.24. The maximum absolute atomic E-state index is 13.7. The van der Waals surface area contributed by atoms with Gasteiger partial charge in [0.2, 0.25) is 11.8 Å². The van der Waals surface area contributed by atoms with Crippen LogP contribution in [0.2, 0.25) is 5.02 Å². The summed E-state index contributed by atoms with van der Waals surface area (Å²) in [6, 6.07) is 11.7. The molecule has 7 heteroatoms. The van der Waals surface area contributed by atoms with E-state index in [2.05, 4.69) is 5.32 Å². The third-order valence-corrected chi connectivity index (χ3v) is 4.66.